The van der Waals surface area contributed by atoms with Gasteiger partial charge in [-0.1, -0.05) is 0 Å². The van der Waals surface area contributed by atoms with Crippen LogP contribution < -0.4 is 10.6 Å². The summed E-state index contributed by atoms with van der Waals surface area (Å²) in [7, 11) is 0. The highest BCUT2D eigenvalue weighted by Crippen LogP contribution is 2.12. The molecule has 7 nitrogen and oxygen atoms in total. The van der Waals surface area contributed by atoms with Crippen LogP contribution in [0.25, 0.3) is 0 Å². The van der Waals surface area contributed by atoms with E-state index < -0.39 is 0 Å². The summed E-state index contributed by atoms with van der Waals surface area (Å²) in [4.78, 5) is 17.5. The normalized spacial score (nSPS) is 14.7. The molecule has 0 saturated heterocycles. The fraction of sp³-hybridized carbons (Fsp3) is 0.500. The molecule has 98 valence electrons. The van der Waals surface area contributed by atoms with Gasteiger partial charge in [-0.2, -0.15) is 11.8 Å². The number of aromatic amines is 1. The molecular formula is C10H15N5O2S. The van der Waals surface area contributed by atoms with E-state index in [0.29, 0.717) is 25.3 Å². The van der Waals surface area contributed by atoms with Gasteiger partial charge in [-0.05, 0) is 0 Å². The predicted molar refractivity (Wildman–Crippen MR) is 69.4 cm³/mol. The van der Waals surface area contributed by atoms with E-state index in [1.54, 1.807) is 24.2 Å². The smallest absolute Gasteiger partial charge is 0.287 e. The van der Waals surface area contributed by atoms with E-state index in [1.165, 1.54) is 0 Å². The van der Waals surface area contributed by atoms with Crippen LogP contribution in [0.3, 0.4) is 0 Å². The van der Waals surface area contributed by atoms with Crippen molar-refractivity contribution in [1.29, 1.82) is 0 Å². The molecule has 0 unspecified atom stereocenters. The van der Waals surface area contributed by atoms with Crippen molar-refractivity contribution in [3.8, 4) is 0 Å². The Labute approximate surface area is 109 Å². The highest BCUT2D eigenvalue weighted by atomic mass is 32.2. The first-order chi connectivity index (χ1) is 8.77. The molecule has 1 aliphatic rings. The summed E-state index contributed by atoms with van der Waals surface area (Å²) in [6.45, 7) is 1.34. The molecule has 0 fully saturated rings. The van der Waals surface area contributed by atoms with Crippen molar-refractivity contribution in [1.82, 2.24) is 20.6 Å². The molecule has 0 radical (unpaired) electrons. The average molecular weight is 269 g/mol. The Morgan fingerprint density at radius 1 is 1.61 bits per heavy atom. The number of aromatic nitrogens is 2. The van der Waals surface area contributed by atoms with Gasteiger partial charge in [-0.15, -0.1) is 0 Å². The summed E-state index contributed by atoms with van der Waals surface area (Å²) in [6.07, 6.45) is 4.00. The summed E-state index contributed by atoms with van der Waals surface area (Å²) in [5, 5.41) is 16.8. The fourth-order valence-electron chi connectivity index (χ4n) is 1.67. The summed E-state index contributed by atoms with van der Waals surface area (Å²) in [5.41, 5.74) is 0.256. The minimum atomic E-state index is -0.321. The van der Waals surface area contributed by atoms with Crippen LogP contribution in [-0.4, -0.2) is 33.7 Å². The molecule has 1 aromatic rings. The number of rotatable bonds is 7. The maximum absolute atomic E-state index is 10.7. The lowest BCUT2D eigenvalue weighted by Crippen LogP contribution is -2.26. The molecule has 0 amide bonds. The van der Waals surface area contributed by atoms with E-state index >= 15 is 0 Å². The predicted octanol–water partition coefficient (Wildman–Crippen LogP) is 0.672. The van der Waals surface area contributed by atoms with E-state index in [9.17, 15) is 10.1 Å². The Morgan fingerprint density at radius 3 is 3.22 bits per heavy atom. The van der Waals surface area contributed by atoms with E-state index in [0.717, 1.165) is 17.3 Å². The molecule has 3 N–H and O–H groups in total. The second-order valence-electron chi connectivity index (χ2n) is 3.77. The van der Waals surface area contributed by atoms with Gasteiger partial charge in [0.15, 0.2) is 5.82 Å². The SMILES string of the molecule is O=[N+]([O-])C1=C(NCCSCc2ncc[nH]2)NCC1. The van der Waals surface area contributed by atoms with Crippen molar-refractivity contribution in [2.24, 2.45) is 0 Å². The molecule has 0 atom stereocenters. The number of H-pyrrole nitrogens is 1. The largest absolute Gasteiger partial charge is 0.366 e. The van der Waals surface area contributed by atoms with Gasteiger partial charge >= 0.3 is 0 Å². The third-order valence-corrected chi connectivity index (χ3v) is 3.48. The zero-order chi connectivity index (χ0) is 12.8. The van der Waals surface area contributed by atoms with Gasteiger partial charge in [0.25, 0.3) is 5.70 Å². The van der Waals surface area contributed by atoms with Crippen LogP contribution in [0.15, 0.2) is 23.9 Å². The van der Waals surface area contributed by atoms with Gasteiger partial charge in [0.1, 0.15) is 5.82 Å². The Bertz CT molecular complexity index is 431. The molecule has 0 bridgehead atoms. The van der Waals surface area contributed by atoms with E-state index in [-0.39, 0.29) is 10.6 Å². The number of imidazole rings is 1. The van der Waals surface area contributed by atoms with Crippen LogP contribution in [-0.2, 0) is 5.75 Å². The summed E-state index contributed by atoms with van der Waals surface area (Å²) in [5.74, 6) is 3.21. The maximum atomic E-state index is 10.7. The number of nitro groups is 1. The standard InChI is InChI=1S/C10H15N5O2S/c16-15(17)8-1-2-13-10(8)14-5-6-18-7-9-11-3-4-12-9/h3-4,13-14H,1-2,5-7H2,(H,11,12). The van der Waals surface area contributed by atoms with Crippen LogP contribution in [0.5, 0.6) is 0 Å². The number of nitrogens with zero attached hydrogens (tertiary/aromatic N) is 2. The molecule has 2 heterocycles. The monoisotopic (exact) mass is 269 g/mol. The van der Waals surface area contributed by atoms with Crippen molar-refractivity contribution in [3.05, 3.63) is 39.9 Å². The van der Waals surface area contributed by atoms with Crippen molar-refractivity contribution >= 4 is 11.8 Å². The quantitative estimate of drug-likeness (QED) is 0.382. The summed E-state index contributed by atoms with van der Waals surface area (Å²) < 4.78 is 0. The van der Waals surface area contributed by atoms with E-state index in [4.69, 9.17) is 0 Å². The first-order valence-corrected chi connectivity index (χ1v) is 6.84. The minimum absolute atomic E-state index is 0.256. The second-order valence-corrected chi connectivity index (χ2v) is 4.88. The van der Waals surface area contributed by atoms with Crippen LogP contribution in [0.4, 0.5) is 0 Å². The molecule has 0 aliphatic carbocycles. The van der Waals surface area contributed by atoms with Crippen LogP contribution in [0.2, 0.25) is 0 Å². The number of nitrogens with one attached hydrogen (secondary N) is 3. The lowest BCUT2D eigenvalue weighted by Gasteiger charge is -2.06. The molecular weight excluding hydrogens is 254 g/mol. The molecule has 1 aromatic heterocycles. The Hall–Kier alpha value is -1.70. The third kappa shape index (κ3) is 3.39. The molecule has 8 heteroatoms. The summed E-state index contributed by atoms with van der Waals surface area (Å²) >= 11 is 1.73. The fourth-order valence-corrected chi connectivity index (χ4v) is 2.42. The van der Waals surface area contributed by atoms with E-state index in [2.05, 4.69) is 20.6 Å². The van der Waals surface area contributed by atoms with Gasteiger partial charge in [-0.25, -0.2) is 4.98 Å². The number of thioether (sulfide) groups is 1. The van der Waals surface area contributed by atoms with Gasteiger partial charge < -0.3 is 15.6 Å². The Morgan fingerprint density at radius 2 is 2.50 bits per heavy atom. The first kappa shape index (κ1) is 12.7. The van der Waals surface area contributed by atoms with Gasteiger partial charge in [-0.3, -0.25) is 10.1 Å². The molecule has 0 saturated carbocycles. The van der Waals surface area contributed by atoms with Gasteiger partial charge in [0.2, 0.25) is 0 Å². The lowest BCUT2D eigenvalue weighted by atomic mass is 10.4. The highest BCUT2D eigenvalue weighted by molar-refractivity contribution is 7.98. The van der Waals surface area contributed by atoms with Crippen LogP contribution in [0, 0.1) is 10.1 Å². The number of hydrogen-bond acceptors (Lipinski definition) is 6. The van der Waals surface area contributed by atoms with Gasteiger partial charge in [0.05, 0.1) is 17.1 Å². The third-order valence-electron chi connectivity index (χ3n) is 2.51. The van der Waals surface area contributed by atoms with E-state index in [1.807, 2.05) is 0 Å². The zero-order valence-corrected chi connectivity index (χ0v) is 10.6. The molecule has 2 rings (SSSR count). The van der Waals surface area contributed by atoms with Crippen LogP contribution in [0.1, 0.15) is 12.2 Å². The average Bonchev–Trinajstić information content (AvgIpc) is 2.98. The van der Waals surface area contributed by atoms with Crippen molar-refractivity contribution < 1.29 is 4.92 Å². The first-order valence-electron chi connectivity index (χ1n) is 5.68. The van der Waals surface area contributed by atoms with Crippen LogP contribution >= 0.6 is 11.8 Å². The Balaban J connectivity index is 1.66. The zero-order valence-electron chi connectivity index (χ0n) is 9.81. The summed E-state index contributed by atoms with van der Waals surface area (Å²) in [6, 6.07) is 0. The van der Waals surface area contributed by atoms with Crippen molar-refractivity contribution in [3.63, 3.8) is 0 Å². The molecule has 0 aromatic carbocycles. The molecule has 1 aliphatic heterocycles. The minimum Gasteiger partial charge on any atom is -0.366 e. The second kappa shape index (κ2) is 6.29. The molecule has 0 spiro atoms. The topological polar surface area (TPSA) is 95.9 Å². The highest BCUT2D eigenvalue weighted by Gasteiger charge is 2.23. The Kier molecular flexibility index (Phi) is 4.46. The number of hydrogen-bond donors (Lipinski definition) is 3. The molecule has 18 heavy (non-hydrogen) atoms. The maximum Gasteiger partial charge on any atom is 0.287 e. The van der Waals surface area contributed by atoms with Crippen molar-refractivity contribution in [2.45, 2.75) is 12.2 Å². The van der Waals surface area contributed by atoms with Gasteiger partial charge in [0, 0.05) is 31.2 Å². The lowest BCUT2D eigenvalue weighted by molar-refractivity contribution is -0.427. The van der Waals surface area contributed by atoms with Crippen molar-refractivity contribution in [2.75, 3.05) is 18.8 Å².